The fourth-order valence-corrected chi connectivity index (χ4v) is 4.81. The van der Waals surface area contributed by atoms with E-state index in [0.717, 1.165) is 73.7 Å². The highest BCUT2D eigenvalue weighted by Gasteiger charge is 2.25. The predicted molar refractivity (Wildman–Crippen MR) is 150 cm³/mol. The van der Waals surface area contributed by atoms with Crippen LogP contribution in [0.3, 0.4) is 0 Å². The van der Waals surface area contributed by atoms with Crippen molar-refractivity contribution in [3.63, 3.8) is 0 Å². The number of Topliss-reactive ketones (excluding diaryl/α,β-unsaturated/α-hetero) is 1. The van der Waals surface area contributed by atoms with Gasteiger partial charge in [-0.05, 0) is 74.1 Å². The molecule has 4 heterocycles. The number of carbonyl (C=O) groups is 1. The van der Waals surface area contributed by atoms with Crippen molar-refractivity contribution in [3.8, 4) is 11.3 Å². The fourth-order valence-electron chi connectivity index (χ4n) is 4.81. The zero-order valence-electron chi connectivity index (χ0n) is 23.0. The number of rotatable bonds is 15. The van der Waals surface area contributed by atoms with Gasteiger partial charge in [0.25, 0.3) is 0 Å². The lowest BCUT2D eigenvalue weighted by molar-refractivity contribution is -0.885. The van der Waals surface area contributed by atoms with Gasteiger partial charge in [0.1, 0.15) is 12.0 Å². The maximum absolute atomic E-state index is 12.5. The van der Waals surface area contributed by atoms with Crippen molar-refractivity contribution in [1.29, 1.82) is 0 Å². The Kier molecular flexibility index (Phi) is 10.6. The van der Waals surface area contributed by atoms with E-state index in [-0.39, 0.29) is 5.78 Å². The van der Waals surface area contributed by atoms with Crippen LogP contribution in [-0.2, 0) is 22.4 Å². The van der Waals surface area contributed by atoms with Gasteiger partial charge in [-0.1, -0.05) is 6.07 Å². The van der Waals surface area contributed by atoms with Crippen molar-refractivity contribution in [3.05, 3.63) is 60.3 Å². The molecule has 208 valence electrons. The number of methoxy groups -OCH3 is 1. The molecule has 4 rings (SSSR count). The molecular formula is C29H40N7O3+. The number of ether oxygens (including phenoxy) is 1. The summed E-state index contributed by atoms with van der Waals surface area (Å²) >= 11 is 0. The molecule has 1 atom stereocenters. The second-order valence-electron chi connectivity index (χ2n) is 9.95. The molecule has 0 bridgehead atoms. The highest BCUT2D eigenvalue weighted by Crippen LogP contribution is 2.20. The van der Waals surface area contributed by atoms with Gasteiger partial charge in [-0.25, -0.2) is 4.98 Å². The Morgan fingerprint density at radius 1 is 1.15 bits per heavy atom. The van der Waals surface area contributed by atoms with E-state index in [9.17, 15) is 10.0 Å². The Bertz CT molecular complexity index is 1210. The van der Waals surface area contributed by atoms with Crippen LogP contribution in [0.25, 0.3) is 11.3 Å². The minimum atomic E-state index is -0.463. The smallest absolute Gasteiger partial charge is 0.333 e. The highest BCUT2D eigenvalue weighted by atomic mass is 16.5. The molecule has 0 fully saturated rings. The topological polar surface area (TPSA) is 116 Å². The van der Waals surface area contributed by atoms with E-state index < -0.39 is 6.04 Å². The van der Waals surface area contributed by atoms with Crippen LogP contribution in [-0.4, -0.2) is 76.8 Å². The van der Waals surface area contributed by atoms with Crippen LogP contribution in [0.4, 0.5) is 11.6 Å². The van der Waals surface area contributed by atoms with Crippen LogP contribution in [0.15, 0.2) is 49.1 Å². The number of unbranched alkanes of at least 4 members (excludes halogenated alkanes) is 1. The first kappa shape index (κ1) is 28.4. The lowest BCUT2D eigenvalue weighted by Gasteiger charge is -2.23. The number of aryl methyl sites for hydroxylation is 2. The number of pyridine rings is 2. The van der Waals surface area contributed by atoms with Crippen molar-refractivity contribution < 1.29 is 19.5 Å². The van der Waals surface area contributed by atoms with Gasteiger partial charge >= 0.3 is 5.82 Å². The monoisotopic (exact) mass is 534 g/mol. The third-order valence-corrected chi connectivity index (χ3v) is 7.09. The summed E-state index contributed by atoms with van der Waals surface area (Å²) < 4.78 is 6.36. The second-order valence-corrected chi connectivity index (χ2v) is 9.95. The molecule has 1 aliphatic heterocycles. The Morgan fingerprint density at radius 3 is 2.79 bits per heavy atom. The SMILES string of the molecule is COCCN(CCCCc1ccc2c(n1)NCCC2)CC[C@H](Nc1cncc(-c2ccncc2)[n+]1O)C(C)=O. The predicted octanol–water partition coefficient (Wildman–Crippen LogP) is 3.15. The molecule has 0 unspecified atom stereocenters. The lowest BCUT2D eigenvalue weighted by atomic mass is 10.1. The Labute approximate surface area is 230 Å². The van der Waals surface area contributed by atoms with Crippen LogP contribution in [0, 0.1) is 0 Å². The maximum Gasteiger partial charge on any atom is 0.333 e. The summed E-state index contributed by atoms with van der Waals surface area (Å²) in [7, 11) is 1.71. The van der Waals surface area contributed by atoms with E-state index in [0.29, 0.717) is 24.5 Å². The van der Waals surface area contributed by atoms with E-state index in [4.69, 9.17) is 9.72 Å². The lowest BCUT2D eigenvalue weighted by Crippen LogP contribution is -2.42. The van der Waals surface area contributed by atoms with Gasteiger partial charge in [0, 0.05) is 56.8 Å². The van der Waals surface area contributed by atoms with Gasteiger partial charge in [-0.15, -0.1) is 0 Å². The molecule has 0 aromatic carbocycles. The molecule has 0 saturated carbocycles. The van der Waals surface area contributed by atoms with Crippen LogP contribution >= 0.6 is 0 Å². The summed E-state index contributed by atoms with van der Waals surface area (Å²) in [5, 5.41) is 17.4. The van der Waals surface area contributed by atoms with Gasteiger partial charge in [-0.2, -0.15) is 0 Å². The average molecular weight is 535 g/mol. The number of carbonyl (C=O) groups excluding carboxylic acids is 1. The quantitative estimate of drug-likeness (QED) is 0.154. The second kappa shape index (κ2) is 14.5. The van der Waals surface area contributed by atoms with Crippen molar-refractivity contribution in [2.45, 2.75) is 51.5 Å². The first-order chi connectivity index (χ1) is 19.0. The van der Waals surface area contributed by atoms with E-state index in [1.807, 2.05) is 0 Å². The summed E-state index contributed by atoms with van der Waals surface area (Å²) in [6.45, 7) is 5.63. The number of aromatic nitrogens is 4. The fraction of sp³-hybridized carbons (Fsp3) is 0.483. The van der Waals surface area contributed by atoms with Gasteiger partial charge in [0.2, 0.25) is 0 Å². The standard InChI is InChI=1S/C29H39N7O3/c1-22(37)26(34-28-21-31-20-27(36(28)38)23-10-14-30-15-11-23)12-17-35(18-19-39-2)16-4-3-7-25-9-8-24-6-5-13-32-29(24)33-25/h8-11,14-15,20-21,26,38H,3-7,12-13,16-19H2,1-2H3,(H,32,33)/p+1/t26-/m0/s1. The molecule has 39 heavy (non-hydrogen) atoms. The minimum absolute atomic E-state index is 0.00287. The molecular weight excluding hydrogens is 494 g/mol. The van der Waals surface area contributed by atoms with Crippen LogP contribution in [0.2, 0.25) is 0 Å². The molecule has 1 aliphatic rings. The summed E-state index contributed by atoms with van der Waals surface area (Å²) in [6.07, 6.45) is 12.3. The van der Waals surface area contributed by atoms with Gasteiger partial charge in [0.05, 0.1) is 12.8 Å². The summed E-state index contributed by atoms with van der Waals surface area (Å²) in [5.74, 6) is 1.41. The molecule has 0 saturated heterocycles. The number of nitrogens with zero attached hydrogens (tertiary/aromatic N) is 5. The molecule has 0 amide bonds. The number of ketones is 1. The zero-order chi connectivity index (χ0) is 27.5. The molecule has 3 aromatic heterocycles. The Morgan fingerprint density at radius 2 is 2.00 bits per heavy atom. The molecule has 3 N–H and O–H groups in total. The van der Waals surface area contributed by atoms with Crippen molar-refractivity contribution in [1.82, 2.24) is 19.9 Å². The van der Waals surface area contributed by atoms with Crippen LogP contribution < -0.4 is 15.4 Å². The molecule has 0 radical (unpaired) electrons. The van der Waals surface area contributed by atoms with Crippen LogP contribution in [0.5, 0.6) is 0 Å². The first-order valence-electron chi connectivity index (χ1n) is 13.8. The van der Waals surface area contributed by atoms with Crippen molar-refractivity contribution >= 4 is 17.4 Å². The van der Waals surface area contributed by atoms with Gasteiger partial charge in [-0.3, -0.25) is 20.1 Å². The first-order valence-corrected chi connectivity index (χ1v) is 13.8. The van der Waals surface area contributed by atoms with Crippen molar-refractivity contribution in [2.24, 2.45) is 0 Å². The number of hydrogen-bond acceptors (Lipinski definition) is 9. The maximum atomic E-state index is 12.5. The van der Waals surface area contributed by atoms with Crippen LogP contribution in [0.1, 0.15) is 43.9 Å². The van der Waals surface area contributed by atoms with Crippen molar-refractivity contribution in [2.75, 3.05) is 50.5 Å². The van der Waals surface area contributed by atoms with E-state index in [2.05, 4.69) is 37.6 Å². The Hall–Kier alpha value is -3.63. The Balaban J connectivity index is 1.31. The molecule has 3 aromatic rings. The zero-order valence-corrected chi connectivity index (χ0v) is 23.0. The molecule has 0 aliphatic carbocycles. The molecule has 10 heteroatoms. The minimum Gasteiger partial charge on any atom is -0.383 e. The van der Waals surface area contributed by atoms with E-state index in [1.165, 1.54) is 18.2 Å². The summed E-state index contributed by atoms with van der Waals surface area (Å²) in [4.78, 5) is 27.9. The highest BCUT2D eigenvalue weighted by molar-refractivity contribution is 5.83. The third kappa shape index (κ3) is 8.18. The third-order valence-electron chi connectivity index (χ3n) is 7.09. The largest absolute Gasteiger partial charge is 0.383 e. The number of nitrogens with one attached hydrogen (secondary N) is 2. The molecule has 10 nitrogen and oxygen atoms in total. The van der Waals surface area contributed by atoms with Gasteiger partial charge < -0.3 is 20.2 Å². The number of fused-ring (bicyclic) bond motifs is 1. The number of anilines is 2. The summed E-state index contributed by atoms with van der Waals surface area (Å²) in [6, 6.07) is 7.49. The molecule has 0 spiro atoms. The summed E-state index contributed by atoms with van der Waals surface area (Å²) in [5.41, 5.74) is 3.73. The van der Waals surface area contributed by atoms with E-state index in [1.54, 1.807) is 44.8 Å². The normalized spacial score (nSPS) is 13.5. The number of hydrogen-bond donors (Lipinski definition) is 3. The van der Waals surface area contributed by atoms with Gasteiger partial charge in [0.15, 0.2) is 17.5 Å². The van der Waals surface area contributed by atoms with E-state index >= 15 is 0 Å². The average Bonchev–Trinajstić information content (AvgIpc) is 2.96.